The van der Waals surface area contributed by atoms with E-state index in [2.05, 4.69) is 17.2 Å². The molecule has 0 saturated heterocycles. The van der Waals surface area contributed by atoms with E-state index in [0.717, 1.165) is 23.5 Å². The Morgan fingerprint density at radius 1 is 1.50 bits per heavy atom. The van der Waals surface area contributed by atoms with E-state index in [9.17, 15) is 4.79 Å². The van der Waals surface area contributed by atoms with Gasteiger partial charge in [-0.25, -0.2) is 4.98 Å². The molecular weight excluding hydrogens is 248 g/mol. The van der Waals surface area contributed by atoms with E-state index in [1.165, 1.54) is 37.0 Å². The number of thiazole rings is 1. The van der Waals surface area contributed by atoms with Gasteiger partial charge in [0.05, 0.1) is 12.1 Å². The third kappa shape index (κ3) is 3.98. The van der Waals surface area contributed by atoms with E-state index in [4.69, 9.17) is 5.11 Å². The van der Waals surface area contributed by atoms with Crippen LogP contribution in [-0.2, 0) is 11.2 Å². The summed E-state index contributed by atoms with van der Waals surface area (Å²) in [5, 5.41) is 14.7. The molecule has 1 aliphatic rings. The van der Waals surface area contributed by atoms with Crippen molar-refractivity contribution in [2.75, 3.05) is 11.9 Å². The van der Waals surface area contributed by atoms with Gasteiger partial charge in [-0.1, -0.05) is 19.8 Å². The Kier molecular flexibility index (Phi) is 4.58. The number of aliphatic carboxylic acids is 1. The minimum atomic E-state index is -0.826. The van der Waals surface area contributed by atoms with Crippen LogP contribution in [0.5, 0.6) is 0 Å². The fraction of sp³-hybridized carbons (Fsp3) is 0.692. The van der Waals surface area contributed by atoms with Gasteiger partial charge in [-0.15, -0.1) is 11.3 Å². The van der Waals surface area contributed by atoms with E-state index >= 15 is 0 Å². The zero-order valence-electron chi connectivity index (χ0n) is 10.7. The summed E-state index contributed by atoms with van der Waals surface area (Å²) < 4.78 is 0. The summed E-state index contributed by atoms with van der Waals surface area (Å²) in [7, 11) is 0. The predicted octanol–water partition coefficient (Wildman–Crippen LogP) is 3.01. The first-order valence-corrected chi connectivity index (χ1v) is 7.41. The molecule has 100 valence electrons. The third-order valence-corrected chi connectivity index (χ3v) is 4.41. The van der Waals surface area contributed by atoms with Crippen LogP contribution in [0.2, 0.25) is 0 Å². The molecule has 2 rings (SSSR count). The topological polar surface area (TPSA) is 62.2 Å². The van der Waals surface area contributed by atoms with E-state index in [-0.39, 0.29) is 6.42 Å². The number of carbonyl (C=O) groups is 1. The maximum atomic E-state index is 10.6. The van der Waals surface area contributed by atoms with Crippen molar-refractivity contribution in [2.24, 2.45) is 11.8 Å². The lowest BCUT2D eigenvalue weighted by Gasteiger charge is -2.26. The summed E-state index contributed by atoms with van der Waals surface area (Å²) in [6.07, 6.45) is 5.26. The highest BCUT2D eigenvalue weighted by Gasteiger charge is 2.18. The normalized spacial score (nSPS) is 23.8. The lowest BCUT2D eigenvalue weighted by atomic mass is 9.83. The van der Waals surface area contributed by atoms with Crippen molar-refractivity contribution in [1.29, 1.82) is 0 Å². The Hall–Kier alpha value is -1.10. The largest absolute Gasteiger partial charge is 0.481 e. The van der Waals surface area contributed by atoms with Gasteiger partial charge in [0.1, 0.15) is 0 Å². The SMILES string of the molecule is CC1CCC(CNc2nc(CC(=O)O)cs2)CC1. The number of anilines is 1. The first-order valence-electron chi connectivity index (χ1n) is 6.53. The van der Waals surface area contributed by atoms with E-state index < -0.39 is 5.97 Å². The first kappa shape index (κ1) is 13.3. The summed E-state index contributed by atoms with van der Waals surface area (Å²) in [5.74, 6) is 0.796. The minimum absolute atomic E-state index is 0.0130. The Labute approximate surface area is 111 Å². The van der Waals surface area contributed by atoms with Crippen molar-refractivity contribution in [3.05, 3.63) is 11.1 Å². The molecule has 0 aliphatic heterocycles. The number of carboxylic acid groups (broad SMARTS) is 1. The Morgan fingerprint density at radius 3 is 2.89 bits per heavy atom. The standard InChI is InChI=1S/C13H20N2O2S/c1-9-2-4-10(5-3-9)7-14-13-15-11(8-18-13)6-12(16)17/h8-10H,2-7H2,1H3,(H,14,15)(H,16,17). The van der Waals surface area contributed by atoms with Crippen LogP contribution in [0.25, 0.3) is 0 Å². The molecule has 0 aromatic carbocycles. The Balaban J connectivity index is 1.76. The van der Waals surface area contributed by atoms with Crippen LogP contribution in [0, 0.1) is 11.8 Å². The van der Waals surface area contributed by atoms with Crippen molar-refractivity contribution >= 4 is 22.4 Å². The van der Waals surface area contributed by atoms with Gasteiger partial charge in [-0.05, 0) is 24.7 Å². The van der Waals surface area contributed by atoms with Crippen molar-refractivity contribution in [3.63, 3.8) is 0 Å². The Morgan fingerprint density at radius 2 is 2.22 bits per heavy atom. The van der Waals surface area contributed by atoms with Gasteiger partial charge in [0.25, 0.3) is 0 Å². The molecule has 0 spiro atoms. The molecule has 0 unspecified atom stereocenters. The van der Waals surface area contributed by atoms with Crippen molar-refractivity contribution < 1.29 is 9.90 Å². The van der Waals surface area contributed by atoms with Crippen LogP contribution in [0.15, 0.2) is 5.38 Å². The molecule has 18 heavy (non-hydrogen) atoms. The summed E-state index contributed by atoms with van der Waals surface area (Å²) in [6.45, 7) is 3.29. The maximum absolute atomic E-state index is 10.6. The molecule has 1 fully saturated rings. The van der Waals surface area contributed by atoms with Gasteiger partial charge in [-0.2, -0.15) is 0 Å². The van der Waals surface area contributed by atoms with Gasteiger partial charge >= 0.3 is 5.97 Å². The number of rotatable bonds is 5. The zero-order valence-corrected chi connectivity index (χ0v) is 11.5. The minimum Gasteiger partial charge on any atom is -0.481 e. The maximum Gasteiger partial charge on any atom is 0.309 e. The molecule has 0 amide bonds. The number of hydrogen-bond acceptors (Lipinski definition) is 4. The first-order chi connectivity index (χ1) is 8.63. The second kappa shape index (κ2) is 6.18. The number of carboxylic acids is 1. The lowest BCUT2D eigenvalue weighted by molar-refractivity contribution is -0.136. The van der Waals surface area contributed by atoms with Crippen LogP contribution in [0.4, 0.5) is 5.13 Å². The summed E-state index contributed by atoms with van der Waals surface area (Å²) in [4.78, 5) is 14.8. The van der Waals surface area contributed by atoms with Gasteiger partial charge in [-0.3, -0.25) is 4.79 Å². The summed E-state index contributed by atoms with van der Waals surface area (Å²) in [6, 6.07) is 0. The summed E-state index contributed by atoms with van der Waals surface area (Å²) in [5.41, 5.74) is 0.646. The molecule has 4 nitrogen and oxygen atoms in total. The predicted molar refractivity (Wildman–Crippen MR) is 73.1 cm³/mol. The number of nitrogens with one attached hydrogen (secondary N) is 1. The van der Waals surface area contributed by atoms with Crippen LogP contribution < -0.4 is 5.32 Å². The molecule has 0 radical (unpaired) electrons. The molecule has 0 atom stereocenters. The molecule has 1 heterocycles. The highest BCUT2D eigenvalue weighted by atomic mass is 32.1. The summed E-state index contributed by atoms with van der Waals surface area (Å²) >= 11 is 1.50. The molecule has 1 aromatic rings. The lowest BCUT2D eigenvalue weighted by Crippen LogP contribution is -2.20. The Bertz CT molecular complexity index is 397. The van der Waals surface area contributed by atoms with Crippen molar-refractivity contribution in [2.45, 2.75) is 39.0 Å². The van der Waals surface area contributed by atoms with Crippen molar-refractivity contribution in [3.8, 4) is 0 Å². The highest BCUT2D eigenvalue weighted by Crippen LogP contribution is 2.28. The molecule has 2 N–H and O–H groups in total. The smallest absolute Gasteiger partial charge is 0.309 e. The number of hydrogen-bond donors (Lipinski definition) is 2. The van der Waals surface area contributed by atoms with Gasteiger partial charge in [0.2, 0.25) is 0 Å². The molecular formula is C13H20N2O2S. The fourth-order valence-electron chi connectivity index (χ4n) is 2.39. The van der Waals surface area contributed by atoms with E-state index in [0.29, 0.717) is 5.69 Å². The highest BCUT2D eigenvalue weighted by molar-refractivity contribution is 7.13. The quantitative estimate of drug-likeness (QED) is 0.861. The van der Waals surface area contributed by atoms with Crippen LogP contribution >= 0.6 is 11.3 Å². The molecule has 1 saturated carbocycles. The average molecular weight is 268 g/mol. The van der Waals surface area contributed by atoms with Gasteiger partial charge in [0.15, 0.2) is 5.13 Å². The van der Waals surface area contributed by atoms with Gasteiger partial charge < -0.3 is 10.4 Å². The zero-order chi connectivity index (χ0) is 13.0. The van der Waals surface area contributed by atoms with Gasteiger partial charge in [0, 0.05) is 11.9 Å². The monoisotopic (exact) mass is 268 g/mol. The van der Waals surface area contributed by atoms with Crippen LogP contribution in [0.3, 0.4) is 0 Å². The van der Waals surface area contributed by atoms with Crippen LogP contribution in [-0.4, -0.2) is 22.6 Å². The number of nitrogens with zero attached hydrogens (tertiary/aromatic N) is 1. The fourth-order valence-corrected chi connectivity index (χ4v) is 3.11. The molecule has 1 aliphatic carbocycles. The van der Waals surface area contributed by atoms with E-state index in [1.807, 2.05) is 5.38 Å². The number of aromatic nitrogens is 1. The van der Waals surface area contributed by atoms with Crippen molar-refractivity contribution in [1.82, 2.24) is 4.98 Å². The second-order valence-electron chi connectivity index (χ2n) is 5.22. The third-order valence-electron chi connectivity index (χ3n) is 3.56. The average Bonchev–Trinajstić information content (AvgIpc) is 2.75. The second-order valence-corrected chi connectivity index (χ2v) is 6.08. The molecule has 0 bridgehead atoms. The molecule has 1 aromatic heterocycles. The van der Waals surface area contributed by atoms with Crippen LogP contribution in [0.1, 0.15) is 38.3 Å². The molecule has 5 heteroatoms. The van der Waals surface area contributed by atoms with E-state index in [1.54, 1.807) is 0 Å².